The first-order valence-corrected chi connectivity index (χ1v) is 4.29. The number of imidazole rings is 1. The highest BCUT2D eigenvalue weighted by atomic mass is 16.4. The van der Waals surface area contributed by atoms with Crippen molar-refractivity contribution in [3.8, 4) is 0 Å². The van der Waals surface area contributed by atoms with Gasteiger partial charge in [-0.2, -0.15) is 0 Å². The molecule has 0 spiro atoms. The van der Waals surface area contributed by atoms with Crippen LogP contribution in [0.4, 0.5) is 0 Å². The van der Waals surface area contributed by atoms with E-state index in [9.17, 15) is 9.59 Å². The first-order valence-electron chi connectivity index (χ1n) is 4.29. The quantitative estimate of drug-likeness (QED) is 0.716. The van der Waals surface area contributed by atoms with E-state index in [4.69, 9.17) is 5.11 Å². The molecule has 6 nitrogen and oxygen atoms in total. The predicted molar refractivity (Wildman–Crippen MR) is 52.1 cm³/mol. The summed E-state index contributed by atoms with van der Waals surface area (Å²) in [6, 6.07) is 0. The fourth-order valence-corrected chi connectivity index (χ4v) is 1.54. The molecular weight excluding hydrogens is 198 g/mol. The summed E-state index contributed by atoms with van der Waals surface area (Å²) in [6.45, 7) is 1.77. The lowest BCUT2D eigenvalue weighted by Crippen LogP contribution is -2.26. The first-order chi connectivity index (χ1) is 7.02. The van der Waals surface area contributed by atoms with Crippen molar-refractivity contribution in [3.05, 3.63) is 34.1 Å². The van der Waals surface area contributed by atoms with Gasteiger partial charge in [0.05, 0.1) is 6.20 Å². The van der Waals surface area contributed by atoms with E-state index in [1.807, 2.05) is 0 Å². The summed E-state index contributed by atoms with van der Waals surface area (Å²) in [5, 5.41) is 8.87. The van der Waals surface area contributed by atoms with E-state index >= 15 is 0 Å². The minimum Gasteiger partial charge on any atom is -0.477 e. The number of nitrogens with zero attached hydrogens (tertiary/aromatic N) is 3. The standard InChI is InChI=1S/C9H9N3O3/c1-5-4-11(2)9(15)12-6(8(13)14)3-10-7(5)12/h3-4H,1-2H3,(H,13,14). The average molecular weight is 207 g/mol. The zero-order valence-corrected chi connectivity index (χ0v) is 8.26. The smallest absolute Gasteiger partial charge is 0.354 e. The van der Waals surface area contributed by atoms with E-state index in [1.54, 1.807) is 20.2 Å². The number of aromatic nitrogens is 3. The van der Waals surface area contributed by atoms with Crippen molar-refractivity contribution in [2.45, 2.75) is 6.92 Å². The van der Waals surface area contributed by atoms with Gasteiger partial charge >= 0.3 is 11.7 Å². The molecule has 0 amide bonds. The highest BCUT2D eigenvalue weighted by Crippen LogP contribution is 2.07. The molecule has 2 heterocycles. The molecule has 0 aliphatic rings. The summed E-state index contributed by atoms with van der Waals surface area (Å²) < 4.78 is 2.42. The van der Waals surface area contributed by atoms with Gasteiger partial charge < -0.3 is 9.67 Å². The van der Waals surface area contributed by atoms with Crippen molar-refractivity contribution in [2.75, 3.05) is 0 Å². The molecule has 78 valence electrons. The van der Waals surface area contributed by atoms with Crippen LogP contribution < -0.4 is 5.69 Å². The Morgan fingerprint density at radius 3 is 2.80 bits per heavy atom. The molecule has 0 bridgehead atoms. The Kier molecular flexibility index (Phi) is 1.85. The molecule has 0 aliphatic carbocycles. The van der Waals surface area contributed by atoms with E-state index in [0.29, 0.717) is 5.65 Å². The van der Waals surface area contributed by atoms with Crippen LogP contribution in [0, 0.1) is 6.92 Å². The van der Waals surface area contributed by atoms with Gasteiger partial charge in [-0.3, -0.25) is 0 Å². The van der Waals surface area contributed by atoms with Gasteiger partial charge in [0.15, 0.2) is 5.69 Å². The Morgan fingerprint density at radius 2 is 2.20 bits per heavy atom. The molecule has 2 aromatic rings. The number of fused-ring (bicyclic) bond motifs is 1. The summed E-state index contributed by atoms with van der Waals surface area (Å²) in [5.41, 5.74) is 0.611. The van der Waals surface area contributed by atoms with Crippen LogP contribution in [0.25, 0.3) is 5.65 Å². The third-order valence-corrected chi connectivity index (χ3v) is 2.21. The maximum absolute atomic E-state index is 11.7. The van der Waals surface area contributed by atoms with E-state index in [0.717, 1.165) is 9.96 Å². The van der Waals surface area contributed by atoms with E-state index in [-0.39, 0.29) is 5.69 Å². The molecule has 0 aliphatic heterocycles. The summed E-state index contributed by atoms with van der Waals surface area (Å²) in [4.78, 5) is 26.4. The van der Waals surface area contributed by atoms with Crippen LogP contribution in [0.3, 0.4) is 0 Å². The van der Waals surface area contributed by atoms with Crippen LogP contribution in [0.5, 0.6) is 0 Å². The Bertz CT molecular complexity index is 609. The Balaban J connectivity index is 3.02. The maximum Gasteiger partial charge on any atom is 0.354 e. The zero-order valence-electron chi connectivity index (χ0n) is 8.26. The number of carboxylic acids is 1. The third kappa shape index (κ3) is 1.22. The molecule has 0 aromatic carbocycles. The van der Waals surface area contributed by atoms with Gasteiger partial charge in [-0.25, -0.2) is 19.0 Å². The van der Waals surface area contributed by atoms with Crippen LogP contribution in [0.1, 0.15) is 16.1 Å². The minimum atomic E-state index is -1.16. The second-order valence-corrected chi connectivity index (χ2v) is 3.31. The molecule has 1 N–H and O–H groups in total. The lowest BCUT2D eigenvalue weighted by Gasteiger charge is -2.02. The van der Waals surface area contributed by atoms with Crippen molar-refractivity contribution in [3.63, 3.8) is 0 Å². The molecule has 2 rings (SSSR count). The number of carboxylic acid groups (broad SMARTS) is 1. The van der Waals surface area contributed by atoms with Crippen molar-refractivity contribution >= 4 is 11.6 Å². The first kappa shape index (κ1) is 9.45. The van der Waals surface area contributed by atoms with Gasteiger partial charge in [0.25, 0.3) is 0 Å². The van der Waals surface area contributed by atoms with Crippen LogP contribution in [0.2, 0.25) is 0 Å². The summed E-state index contributed by atoms with van der Waals surface area (Å²) in [6.07, 6.45) is 2.81. The maximum atomic E-state index is 11.7. The predicted octanol–water partition coefficient (Wildman–Crippen LogP) is 0.0396. The number of aromatic carboxylic acids is 1. The fraction of sp³-hybridized carbons (Fsp3) is 0.222. The third-order valence-electron chi connectivity index (χ3n) is 2.21. The minimum absolute atomic E-state index is 0.116. The SMILES string of the molecule is Cc1cn(C)c(=O)n2c(C(=O)O)cnc12. The van der Waals surface area contributed by atoms with Crippen molar-refractivity contribution in [2.24, 2.45) is 7.05 Å². The topological polar surface area (TPSA) is 76.6 Å². The summed E-state index contributed by atoms with van der Waals surface area (Å²) >= 11 is 0. The van der Waals surface area contributed by atoms with Crippen molar-refractivity contribution in [1.29, 1.82) is 0 Å². The van der Waals surface area contributed by atoms with Gasteiger partial charge in [0.1, 0.15) is 5.65 Å². The molecule has 0 saturated heterocycles. The van der Waals surface area contributed by atoms with Crippen molar-refractivity contribution in [1.82, 2.24) is 14.0 Å². The highest BCUT2D eigenvalue weighted by molar-refractivity contribution is 5.86. The largest absolute Gasteiger partial charge is 0.477 e. The van der Waals surface area contributed by atoms with Gasteiger partial charge in [-0.15, -0.1) is 0 Å². The molecule has 2 aromatic heterocycles. The normalized spacial score (nSPS) is 10.8. The monoisotopic (exact) mass is 207 g/mol. The number of hydrogen-bond donors (Lipinski definition) is 1. The second kappa shape index (κ2) is 2.94. The van der Waals surface area contributed by atoms with Crippen molar-refractivity contribution < 1.29 is 9.90 Å². The molecule has 0 fully saturated rings. The second-order valence-electron chi connectivity index (χ2n) is 3.31. The Hall–Kier alpha value is -2.11. The van der Waals surface area contributed by atoms with E-state index in [1.165, 1.54) is 10.8 Å². The van der Waals surface area contributed by atoms with Crippen LogP contribution in [-0.2, 0) is 7.05 Å². The molecule has 0 atom stereocenters. The molecule has 0 unspecified atom stereocenters. The van der Waals surface area contributed by atoms with E-state index < -0.39 is 11.7 Å². The molecule has 6 heteroatoms. The van der Waals surface area contributed by atoms with E-state index in [2.05, 4.69) is 4.98 Å². The highest BCUT2D eigenvalue weighted by Gasteiger charge is 2.14. The summed E-state index contributed by atoms with van der Waals surface area (Å²) in [5.74, 6) is -1.16. The number of rotatable bonds is 1. The van der Waals surface area contributed by atoms with Gasteiger partial charge in [-0.05, 0) is 6.92 Å². The molecule has 0 saturated carbocycles. The van der Waals surface area contributed by atoms with Gasteiger partial charge in [-0.1, -0.05) is 0 Å². The fourth-order valence-electron chi connectivity index (χ4n) is 1.54. The van der Waals surface area contributed by atoms with Crippen LogP contribution >= 0.6 is 0 Å². The lowest BCUT2D eigenvalue weighted by atomic mass is 10.3. The Labute approximate surface area is 84.4 Å². The van der Waals surface area contributed by atoms with Gasteiger partial charge in [0.2, 0.25) is 0 Å². The van der Waals surface area contributed by atoms with Crippen LogP contribution in [-0.4, -0.2) is 25.0 Å². The number of hydrogen-bond acceptors (Lipinski definition) is 3. The number of carbonyl (C=O) groups is 1. The number of aryl methyl sites for hydroxylation is 2. The average Bonchev–Trinajstić information content (AvgIpc) is 2.58. The Morgan fingerprint density at radius 1 is 1.53 bits per heavy atom. The molecule has 15 heavy (non-hydrogen) atoms. The van der Waals surface area contributed by atoms with Gasteiger partial charge in [0, 0.05) is 18.8 Å². The van der Waals surface area contributed by atoms with Crippen LogP contribution in [0.15, 0.2) is 17.2 Å². The summed E-state index contributed by atoms with van der Waals surface area (Å²) in [7, 11) is 1.57. The lowest BCUT2D eigenvalue weighted by molar-refractivity contribution is 0.0688. The molecule has 0 radical (unpaired) electrons. The zero-order chi connectivity index (χ0) is 11.2. The molecular formula is C9H9N3O3.